The van der Waals surface area contributed by atoms with Gasteiger partial charge in [0.05, 0.1) is 6.04 Å². The number of amides is 3. The molecule has 1 aliphatic heterocycles. The predicted octanol–water partition coefficient (Wildman–Crippen LogP) is 8.21. The number of hydrogen-bond acceptors (Lipinski definition) is 4. The molecule has 4 aromatic rings. The van der Waals surface area contributed by atoms with Gasteiger partial charge in [-0.15, -0.1) is 0 Å². The van der Waals surface area contributed by atoms with Crippen molar-refractivity contribution in [1.29, 1.82) is 0 Å². The Morgan fingerprint density at radius 2 is 1.43 bits per heavy atom. The van der Waals surface area contributed by atoms with Crippen LogP contribution >= 0.6 is 0 Å². The van der Waals surface area contributed by atoms with Crippen molar-refractivity contribution in [2.45, 2.75) is 45.1 Å². The van der Waals surface area contributed by atoms with Gasteiger partial charge in [-0.05, 0) is 97.9 Å². The number of hydrogen-bond donors (Lipinski definition) is 3. The molecule has 5 rings (SSSR count). The fraction of sp³-hybridized carbons (Fsp3) is 0.297. The second kappa shape index (κ2) is 15.2. The van der Waals surface area contributed by atoms with Crippen LogP contribution < -0.4 is 20.7 Å². The number of anilines is 2. The molecule has 0 aliphatic carbocycles. The summed E-state index contributed by atoms with van der Waals surface area (Å²) in [6.45, 7) is 6.70. The summed E-state index contributed by atoms with van der Waals surface area (Å²) in [5.74, 6) is 1.94. The van der Waals surface area contributed by atoms with E-state index in [1.54, 1.807) is 0 Å². The third kappa shape index (κ3) is 8.94. The molecule has 7 nitrogen and oxygen atoms in total. The Hall–Kier alpha value is -4.62. The van der Waals surface area contributed by atoms with Crippen molar-refractivity contribution in [3.63, 3.8) is 0 Å². The lowest BCUT2D eigenvalue weighted by Crippen LogP contribution is -2.37. The van der Waals surface area contributed by atoms with Crippen LogP contribution in [0.4, 0.5) is 16.2 Å². The molecule has 0 bridgehead atoms. The number of carbonyl (C=O) groups is 2. The van der Waals surface area contributed by atoms with Crippen LogP contribution in [0.15, 0.2) is 109 Å². The summed E-state index contributed by atoms with van der Waals surface area (Å²) in [5, 5.41) is 9.19. The van der Waals surface area contributed by atoms with E-state index in [0.29, 0.717) is 17.4 Å². The number of nitrogens with zero attached hydrogens (tertiary/aromatic N) is 1. The van der Waals surface area contributed by atoms with Crippen LogP contribution in [0.2, 0.25) is 0 Å². The summed E-state index contributed by atoms with van der Waals surface area (Å²) in [5.41, 5.74) is 3.94. The Balaban J connectivity index is 1.13. The maximum Gasteiger partial charge on any atom is 0.319 e. The highest BCUT2D eigenvalue weighted by Gasteiger charge is 2.23. The maximum absolute atomic E-state index is 13.1. The van der Waals surface area contributed by atoms with E-state index in [1.165, 1.54) is 5.56 Å². The number of carbonyl (C=O) groups excluding carboxylic acids is 2. The molecule has 4 aromatic carbocycles. The second-order valence-electron chi connectivity index (χ2n) is 11.7. The Bertz CT molecular complexity index is 1480. The minimum atomic E-state index is -0.237. The van der Waals surface area contributed by atoms with Crippen LogP contribution in [0, 0.1) is 5.92 Å². The van der Waals surface area contributed by atoms with Gasteiger partial charge in [-0.25, -0.2) is 4.79 Å². The van der Waals surface area contributed by atoms with E-state index in [0.717, 1.165) is 55.9 Å². The summed E-state index contributed by atoms with van der Waals surface area (Å²) in [4.78, 5) is 27.7. The highest BCUT2D eigenvalue weighted by atomic mass is 16.5. The van der Waals surface area contributed by atoms with E-state index in [1.807, 2.05) is 98.8 Å². The fourth-order valence-electron chi connectivity index (χ4n) is 5.52. The molecular formula is C37H42N4O3. The van der Waals surface area contributed by atoms with Crippen LogP contribution in [0.25, 0.3) is 0 Å². The molecule has 3 amide bonds. The number of rotatable bonds is 11. The molecule has 0 aromatic heterocycles. The molecule has 44 heavy (non-hydrogen) atoms. The van der Waals surface area contributed by atoms with Crippen LogP contribution in [0.3, 0.4) is 0 Å². The molecule has 1 saturated heterocycles. The SMILES string of the molecule is CC(C)C(=O)Nc1cccc(C2CCN(CCC(NC(=O)Nc3ccc(Oc4ccccc4)cc3)c3ccccc3)CC2)c1. The molecule has 7 heteroatoms. The molecule has 1 unspecified atom stereocenters. The van der Waals surface area contributed by atoms with Crippen molar-refractivity contribution in [1.82, 2.24) is 10.2 Å². The number of benzene rings is 4. The first-order chi connectivity index (χ1) is 21.4. The van der Waals surface area contributed by atoms with Crippen molar-refractivity contribution < 1.29 is 14.3 Å². The first kappa shape index (κ1) is 30.8. The van der Waals surface area contributed by atoms with Gasteiger partial charge in [-0.3, -0.25) is 4.79 Å². The molecule has 0 saturated carbocycles. The second-order valence-corrected chi connectivity index (χ2v) is 11.7. The van der Waals surface area contributed by atoms with E-state index in [-0.39, 0.29) is 23.9 Å². The van der Waals surface area contributed by atoms with Gasteiger partial charge in [0.1, 0.15) is 11.5 Å². The number of urea groups is 1. The fourth-order valence-corrected chi connectivity index (χ4v) is 5.52. The van der Waals surface area contributed by atoms with Gasteiger partial charge in [-0.2, -0.15) is 0 Å². The summed E-state index contributed by atoms with van der Waals surface area (Å²) in [7, 11) is 0. The van der Waals surface area contributed by atoms with E-state index < -0.39 is 0 Å². The molecule has 1 aliphatic rings. The van der Waals surface area contributed by atoms with Gasteiger partial charge >= 0.3 is 6.03 Å². The lowest BCUT2D eigenvalue weighted by Gasteiger charge is -2.33. The van der Waals surface area contributed by atoms with Crippen LogP contribution in [-0.4, -0.2) is 36.5 Å². The highest BCUT2D eigenvalue weighted by Crippen LogP contribution is 2.30. The molecule has 0 radical (unpaired) electrons. The number of piperidine rings is 1. The Labute approximate surface area is 260 Å². The molecular weight excluding hydrogens is 548 g/mol. The van der Waals surface area contributed by atoms with Crippen molar-refractivity contribution in [2.24, 2.45) is 5.92 Å². The predicted molar refractivity (Wildman–Crippen MR) is 177 cm³/mol. The molecule has 3 N–H and O–H groups in total. The summed E-state index contributed by atoms with van der Waals surface area (Å²) in [6.07, 6.45) is 2.94. The Morgan fingerprint density at radius 1 is 0.773 bits per heavy atom. The number of ether oxygens (including phenoxy) is 1. The van der Waals surface area contributed by atoms with Gasteiger partial charge in [0.15, 0.2) is 0 Å². The maximum atomic E-state index is 13.1. The lowest BCUT2D eigenvalue weighted by molar-refractivity contribution is -0.118. The molecule has 0 spiro atoms. The average molecular weight is 591 g/mol. The molecule has 1 atom stereocenters. The van der Waals surface area contributed by atoms with E-state index in [9.17, 15) is 9.59 Å². The monoisotopic (exact) mass is 590 g/mol. The smallest absolute Gasteiger partial charge is 0.319 e. The van der Waals surface area contributed by atoms with Crippen molar-refractivity contribution >= 4 is 23.3 Å². The quantitative estimate of drug-likeness (QED) is 0.164. The minimum Gasteiger partial charge on any atom is -0.457 e. The summed E-state index contributed by atoms with van der Waals surface area (Å²) >= 11 is 0. The number of nitrogens with one attached hydrogen (secondary N) is 3. The van der Waals surface area contributed by atoms with E-state index in [2.05, 4.69) is 45.1 Å². The van der Waals surface area contributed by atoms with Crippen molar-refractivity contribution in [3.05, 3.63) is 120 Å². The van der Waals surface area contributed by atoms with E-state index >= 15 is 0 Å². The lowest BCUT2D eigenvalue weighted by atomic mass is 9.89. The van der Waals surface area contributed by atoms with Crippen molar-refractivity contribution in [2.75, 3.05) is 30.3 Å². The largest absolute Gasteiger partial charge is 0.457 e. The highest BCUT2D eigenvalue weighted by molar-refractivity contribution is 5.92. The third-order valence-corrected chi connectivity index (χ3v) is 8.07. The first-order valence-corrected chi connectivity index (χ1v) is 15.5. The zero-order valence-electron chi connectivity index (χ0n) is 25.5. The van der Waals surface area contributed by atoms with Gasteiger partial charge < -0.3 is 25.6 Å². The Morgan fingerprint density at radius 3 is 2.11 bits per heavy atom. The van der Waals surface area contributed by atoms with Gasteiger partial charge in [0.25, 0.3) is 0 Å². The third-order valence-electron chi connectivity index (χ3n) is 8.07. The minimum absolute atomic E-state index is 0.0403. The average Bonchev–Trinajstić information content (AvgIpc) is 3.05. The molecule has 1 fully saturated rings. The molecule has 1 heterocycles. The van der Waals surface area contributed by atoms with E-state index in [4.69, 9.17) is 4.74 Å². The van der Waals surface area contributed by atoms with Gasteiger partial charge in [0.2, 0.25) is 5.91 Å². The topological polar surface area (TPSA) is 82.7 Å². The van der Waals surface area contributed by atoms with Crippen LogP contribution in [0.1, 0.15) is 56.2 Å². The normalized spacial score (nSPS) is 14.5. The summed E-state index contributed by atoms with van der Waals surface area (Å²) in [6, 6.07) is 35.1. The van der Waals surface area contributed by atoms with Crippen LogP contribution in [0.5, 0.6) is 11.5 Å². The summed E-state index contributed by atoms with van der Waals surface area (Å²) < 4.78 is 5.86. The number of likely N-dealkylation sites (tertiary alicyclic amines) is 1. The Kier molecular flexibility index (Phi) is 10.7. The first-order valence-electron chi connectivity index (χ1n) is 15.5. The zero-order valence-corrected chi connectivity index (χ0v) is 25.5. The van der Waals surface area contributed by atoms with Crippen LogP contribution in [-0.2, 0) is 4.79 Å². The zero-order chi connectivity index (χ0) is 30.7. The van der Waals surface area contributed by atoms with Crippen molar-refractivity contribution in [3.8, 4) is 11.5 Å². The standard InChI is InChI=1S/C37H42N4O3/c1-27(2)36(42)38-32-13-9-12-30(26-32)28-20-23-41(24-21-28)25-22-35(29-10-5-3-6-11-29)40-37(43)39-31-16-18-34(19-17-31)44-33-14-7-4-8-15-33/h3-19,26-28,35H,20-25H2,1-2H3,(H,38,42)(H2,39,40,43). The molecule has 228 valence electrons. The van der Waals surface area contributed by atoms with Gasteiger partial charge in [0, 0.05) is 23.8 Å². The number of para-hydroxylation sites is 1. The van der Waals surface area contributed by atoms with Gasteiger partial charge in [-0.1, -0.05) is 74.5 Å².